The van der Waals surface area contributed by atoms with Crippen molar-refractivity contribution < 1.29 is 9.90 Å². The molecular weight excluding hydrogens is 240 g/mol. The lowest BCUT2D eigenvalue weighted by atomic mass is 10.1. The van der Waals surface area contributed by atoms with Crippen LogP contribution in [0.4, 0.5) is 0 Å². The van der Waals surface area contributed by atoms with E-state index in [2.05, 4.69) is 22.0 Å². The largest absolute Gasteiger partial charge is 0.476 e. The molecule has 0 amide bonds. The number of hydrogen-bond donors (Lipinski definition) is 2. The number of alkyl halides is 1. The van der Waals surface area contributed by atoms with Crippen LogP contribution in [0, 0.1) is 11.8 Å². The molecule has 0 fully saturated rings. The van der Waals surface area contributed by atoms with Gasteiger partial charge in [0.05, 0.1) is 5.52 Å². The molecule has 0 spiro atoms. The predicted molar refractivity (Wildman–Crippen MR) is 65.3 cm³/mol. The molecule has 2 aromatic rings. The first-order chi connectivity index (χ1) is 8.22. The van der Waals surface area contributed by atoms with Gasteiger partial charge in [-0.1, -0.05) is 11.8 Å². The van der Waals surface area contributed by atoms with Crippen molar-refractivity contribution in [3.05, 3.63) is 29.5 Å². The highest BCUT2D eigenvalue weighted by Gasteiger charge is 2.12. The van der Waals surface area contributed by atoms with Crippen LogP contribution in [-0.2, 0) is 0 Å². The highest BCUT2D eigenvalue weighted by molar-refractivity contribution is 6.18. The molecule has 2 rings (SSSR count). The van der Waals surface area contributed by atoms with Crippen LogP contribution < -0.4 is 0 Å². The van der Waals surface area contributed by atoms with Gasteiger partial charge in [-0.05, 0) is 18.2 Å². The first-order valence-corrected chi connectivity index (χ1v) is 5.52. The van der Waals surface area contributed by atoms with Gasteiger partial charge in [0.2, 0.25) is 0 Å². The number of carboxylic acids is 1. The minimum absolute atomic E-state index is 0.0148. The number of benzene rings is 1. The lowest BCUT2D eigenvalue weighted by molar-refractivity contribution is 0.0692. The fourth-order valence-corrected chi connectivity index (χ4v) is 1.56. The van der Waals surface area contributed by atoms with Crippen LogP contribution in [0.2, 0.25) is 0 Å². The molecule has 0 aliphatic carbocycles. The first kappa shape index (κ1) is 11.5. The van der Waals surface area contributed by atoms with Gasteiger partial charge in [-0.2, -0.15) is 5.10 Å². The number of aromatic amines is 1. The number of carbonyl (C=O) groups is 1. The normalized spacial score (nSPS) is 9.94. The third-order valence-electron chi connectivity index (χ3n) is 2.22. The lowest BCUT2D eigenvalue weighted by Crippen LogP contribution is -1.96. The maximum atomic E-state index is 10.9. The van der Waals surface area contributed by atoms with Gasteiger partial charge in [0.25, 0.3) is 0 Å². The summed E-state index contributed by atoms with van der Waals surface area (Å²) in [7, 11) is 0. The number of rotatable bonds is 2. The van der Waals surface area contributed by atoms with E-state index in [1.54, 1.807) is 12.1 Å². The minimum Gasteiger partial charge on any atom is -0.476 e. The number of halogens is 1. The van der Waals surface area contributed by atoms with Crippen LogP contribution in [0.1, 0.15) is 22.5 Å². The smallest absolute Gasteiger partial charge is 0.357 e. The van der Waals surface area contributed by atoms with E-state index in [-0.39, 0.29) is 5.69 Å². The Hall–Kier alpha value is -1.99. The maximum Gasteiger partial charge on any atom is 0.357 e. The Morgan fingerprint density at radius 2 is 2.35 bits per heavy atom. The molecule has 1 aromatic heterocycles. The van der Waals surface area contributed by atoms with Crippen LogP contribution in [0.15, 0.2) is 18.2 Å². The average molecular weight is 249 g/mol. The molecule has 1 heterocycles. The summed E-state index contributed by atoms with van der Waals surface area (Å²) in [5, 5.41) is 15.9. The zero-order valence-electron chi connectivity index (χ0n) is 8.83. The van der Waals surface area contributed by atoms with E-state index < -0.39 is 5.97 Å². The van der Waals surface area contributed by atoms with Crippen molar-refractivity contribution in [3.8, 4) is 11.8 Å². The third kappa shape index (κ3) is 2.40. The molecule has 0 saturated heterocycles. The maximum absolute atomic E-state index is 10.9. The Morgan fingerprint density at radius 3 is 3.06 bits per heavy atom. The number of aromatic nitrogens is 2. The number of aromatic carboxylic acids is 1. The van der Waals surface area contributed by atoms with Gasteiger partial charge in [0.15, 0.2) is 5.69 Å². The van der Waals surface area contributed by atoms with E-state index in [1.165, 1.54) is 0 Å². The Kier molecular flexibility index (Phi) is 3.31. The number of carboxylic acid groups (broad SMARTS) is 1. The summed E-state index contributed by atoms with van der Waals surface area (Å²) < 4.78 is 0. The van der Waals surface area contributed by atoms with Gasteiger partial charge < -0.3 is 5.11 Å². The molecule has 0 atom stereocenters. The molecular formula is C12H9ClN2O2. The van der Waals surface area contributed by atoms with Gasteiger partial charge in [-0.15, -0.1) is 11.6 Å². The molecule has 17 heavy (non-hydrogen) atoms. The topological polar surface area (TPSA) is 66.0 Å². The van der Waals surface area contributed by atoms with Crippen LogP contribution in [0.25, 0.3) is 10.9 Å². The molecule has 0 aliphatic rings. The van der Waals surface area contributed by atoms with Crippen LogP contribution in [0.5, 0.6) is 0 Å². The Morgan fingerprint density at radius 1 is 1.53 bits per heavy atom. The highest BCUT2D eigenvalue weighted by Crippen LogP contribution is 2.17. The van der Waals surface area contributed by atoms with Crippen LogP contribution in [0.3, 0.4) is 0 Å². The van der Waals surface area contributed by atoms with E-state index in [4.69, 9.17) is 16.7 Å². The van der Waals surface area contributed by atoms with Gasteiger partial charge in [-0.3, -0.25) is 5.10 Å². The van der Waals surface area contributed by atoms with Crippen molar-refractivity contribution in [1.29, 1.82) is 0 Å². The van der Waals surface area contributed by atoms with Crippen molar-refractivity contribution >= 4 is 28.5 Å². The highest BCUT2D eigenvalue weighted by atomic mass is 35.5. The Labute approximate surface area is 103 Å². The van der Waals surface area contributed by atoms with Gasteiger partial charge in [0.1, 0.15) is 0 Å². The quantitative estimate of drug-likeness (QED) is 0.633. The number of hydrogen-bond acceptors (Lipinski definition) is 2. The standard InChI is InChI=1S/C12H9ClN2O2/c13-6-2-1-3-8-4-5-10-9(7-8)11(12(16)17)15-14-10/h4-5,7H,2,6H2,(H,14,15)(H,16,17). The summed E-state index contributed by atoms with van der Waals surface area (Å²) in [5.74, 6) is 5.26. The number of H-pyrrole nitrogens is 1. The summed E-state index contributed by atoms with van der Waals surface area (Å²) in [4.78, 5) is 10.9. The zero-order chi connectivity index (χ0) is 12.3. The molecule has 0 radical (unpaired) electrons. The summed E-state index contributed by atoms with van der Waals surface area (Å²) in [6.45, 7) is 0. The lowest BCUT2D eigenvalue weighted by Gasteiger charge is -1.92. The molecule has 0 saturated carbocycles. The minimum atomic E-state index is -1.05. The summed E-state index contributed by atoms with van der Waals surface area (Å²) in [6, 6.07) is 5.29. The number of nitrogens with one attached hydrogen (secondary N) is 1. The molecule has 0 unspecified atom stereocenters. The average Bonchev–Trinajstić information content (AvgIpc) is 2.72. The zero-order valence-corrected chi connectivity index (χ0v) is 9.58. The SMILES string of the molecule is O=C(O)c1n[nH]c2ccc(C#CCCCl)cc12. The molecule has 0 bridgehead atoms. The second kappa shape index (κ2) is 4.89. The second-order valence-corrected chi connectivity index (χ2v) is 3.76. The van der Waals surface area contributed by atoms with Gasteiger partial charge >= 0.3 is 5.97 Å². The molecule has 2 N–H and O–H groups in total. The van der Waals surface area contributed by atoms with E-state index in [0.29, 0.717) is 23.2 Å². The fraction of sp³-hybridized carbons (Fsp3) is 0.167. The summed E-state index contributed by atoms with van der Waals surface area (Å²) in [5.41, 5.74) is 1.46. The van der Waals surface area contributed by atoms with Crippen molar-refractivity contribution in [1.82, 2.24) is 10.2 Å². The van der Waals surface area contributed by atoms with Gasteiger partial charge in [-0.25, -0.2) is 4.79 Å². The Balaban J connectivity index is 2.45. The molecule has 86 valence electrons. The molecule has 5 heteroatoms. The monoisotopic (exact) mass is 248 g/mol. The molecule has 1 aromatic carbocycles. The molecule has 0 aliphatic heterocycles. The van der Waals surface area contributed by atoms with E-state index in [0.717, 1.165) is 5.56 Å². The predicted octanol–water partition coefficient (Wildman–Crippen LogP) is 2.24. The fourth-order valence-electron chi connectivity index (χ4n) is 1.47. The summed E-state index contributed by atoms with van der Waals surface area (Å²) in [6.07, 6.45) is 0.608. The first-order valence-electron chi connectivity index (χ1n) is 4.98. The number of fused-ring (bicyclic) bond motifs is 1. The van der Waals surface area contributed by atoms with Crippen LogP contribution >= 0.6 is 11.6 Å². The second-order valence-electron chi connectivity index (χ2n) is 3.38. The number of nitrogens with zero attached hydrogens (tertiary/aromatic N) is 1. The van der Waals surface area contributed by atoms with Crippen molar-refractivity contribution in [2.24, 2.45) is 0 Å². The Bertz CT molecular complexity index is 622. The third-order valence-corrected chi connectivity index (χ3v) is 2.41. The van der Waals surface area contributed by atoms with E-state index in [1.807, 2.05) is 6.07 Å². The van der Waals surface area contributed by atoms with E-state index in [9.17, 15) is 4.79 Å². The van der Waals surface area contributed by atoms with Gasteiger partial charge in [0, 0.05) is 23.3 Å². The van der Waals surface area contributed by atoms with Crippen molar-refractivity contribution in [3.63, 3.8) is 0 Å². The molecule has 4 nitrogen and oxygen atoms in total. The van der Waals surface area contributed by atoms with Crippen molar-refractivity contribution in [2.75, 3.05) is 5.88 Å². The van der Waals surface area contributed by atoms with Crippen molar-refractivity contribution in [2.45, 2.75) is 6.42 Å². The van der Waals surface area contributed by atoms with E-state index >= 15 is 0 Å². The van der Waals surface area contributed by atoms with Crippen LogP contribution in [-0.4, -0.2) is 27.2 Å². The summed E-state index contributed by atoms with van der Waals surface area (Å²) >= 11 is 5.52.